The molecule has 0 aromatic heterocycles. The molecule has 0 heterocycles. The fraction of sp³-hybridized carbons (Fsp3) is 0.889. The highest BCUT2D eigenvalue weighted by Crippen LogP contribution is 2.26. The molecule has 11 heavy (non-hydrogen) atoms. The van der Waals surface area contributed by atoms with Crippen molar-refractivity contribution in [3.63, 3.8) is 0 Å². The second-order valence-corrected chi connectivity index (χ2v) is 3.96. The Bertz CT molecular complexity index is 130. The van der Waals surface area contributed by atoms with Crippen LogP contribution in [0, 0.1) is 5.41 Å². The SMILES string of the molecule is CCCCCC(C)(C)C(=O)Cl. The molecule has 66 valence electrons. The van der Waals surface area contributed by atoms with Crippen molar-refractivity contribution >= 4 is 16.8 Å². The van der Waals surface area contributed by atoms with E-state index in [4.69, 9.17) is 11.6 Å². The molecule has 0 amide bonds. The van der Waals surface area contributed by atoms with Crippen LogP contribution in [0.2, 0.25) is 0 Å². The highest BCUT2D eigenvalue weighted by molar-refractivity contribution is 6.64. The molecule has 0 aliphatic rings. The van der Waals surface area contributed by atoms with Crippen LogP contribution in [-0.4, -0.2) is 5.24 Å². The van der Waals surface area contributed by atoms with E-state index in [0.717, 1.165) is 12.8 Å². The second kappa shape index (κ2) is 4.76. The summed E-state index contributed by atoms with van der Waals surface area (Å²) in [5.41, 5.74) is -0.323. The zero-order chi connectivity index (χ0) is 8.91. The van der Waals surface area contributed by atoms with Crippen LogP contribution in [0.5, 0.6) is 0 Å². The number of hydrogen-bond donors (Lipinski definition) is 0. The van der Waals surface area contributed by atoms with Gasteiger partial charge in [0.05, 0.1) is 0 Å². The molecule has 0 aromatic carbocycles. The first-order valence-electron chi connectivity index (χ1n) is 4.20. The van der Waals surface area contributed by atoms with Gasteiger partial charge in [0.2, 0.25) is 5.24 Å². The predicted molar refractivity (Wildman–Crippen MR) is 48.8 cm³/mol. The standard InChI is InChI=1S/C9H17ClO/c1-4-5-6-7-9(2,3)8(10)11/h4-7H2,1-3H3. The summed E-state index contributed by atoms with van der Waals surface area (Å²) in [6.45, 7) is 5.95. The van der Waals surface area contributed by atoms with E-state index in [1.165, 1.54) is 12.8 Å². The Balaban J connectivity index is 3.64. The van der Waals surface area contributed by atoms with Crippen LogP contribution in [0.3, 0.4) is 0 Å². The third-order valence-corrected chi connectivity index (χ3v) is 2.45. The Morgan fingerprint density at radius 3 is 2.27 bits per heavy atom. The lowest BCUT2D eigenvalue weighted by atomic mass is 9.88. The van der Waals surface area contributed by atoms with Crippen molar-refractivity contribution in [1.82, 2.24) is 0 Å². The van der Waals surface area contributed by atoms with Gasteiger partial charge in [-0.25, -0.2) is 0 Å². The Morgan fingerprint density at radius 1 is 1.36 bits per heavy atom. The zero-order valence-electron chi connectivity index (χ0n) is 7.61. The van der Waals surface area contributed by atoms with E-state index in [-0.39, 0.29) is 10.7 Å². The number of rotatable bonds is 5. The fourth-order valence-corrected chi connectivity index (χ4v) is 1.01. The average Bonchev–Trinajstić information content (AvgIpc) is 1.88. The van der Waals surface area contributed by atoms with Gasteiger partial charge >= 0.3 is 0 Å². The third-order valence-electron chi connectivity index (χ3n) is 1.94. The first-order valence-corrected chi connectivity index (χ1v) is 4.58. The quantitative estimate of drug-likeness (QED) is 0.464. The van der Waals surface area contributed by atoms with Crippen molar-refractivity contribution in [1.29, 1.82) is 0 Å². The first kappa shape index (κ1) is 11.0. The van der Waals surface area contributed by atoms with E-state index in [2.05, 4.69) is 6.92 Å². The highest BCUT2D eigenvalue weighted by atomic mass is 35.5. The van der Waals surface area contributed by atoms with E-state index in [9.17, 15) is 4.79 Å². The number of carbonyl (C=O) groups excluding carboxylic acids is 1. The Hall–Kier alpha value is -0.0400. The summed E-state index contributed by atoms with van der Waals surface area (Å²) in [5, 5.41) is -0.214. The van der Waals surface area contributed by atoms with Gasteiger partial charge in [0.1, 0.15) is 0 Å². The molecular formula is C9H17ClO. The molecule has 1 nitrogen and oxygen atoms in total. The number of halogens is 1. The summed E-state index contributed by atoms with van der Waals surface area (Å²) in [4.78, 5) is 10.8. The lowest BCUT2D eigenvalue weighted by molar-refractivity contribution is -0.119. The van der Waals surface area contributed by atoms with Gasteiger partial charge in [0, 0.05) is 5.41 Å². The van der Waals surface area contributed by atoms with E-state index < -0.39 is 0 Å². The molecule has 0 saturated heterocycles. The maximum atomic E-state index is 10.8. The van der Waals surface area contributed by atoms with Crippen LogP contribution in [0.25, 0.3) is 0 Å². The molecule has 0 saturated carbocycles. The second-order valence-electron chi connectivity index (χ2n) is 3.61. The monoisotopic (exact) mass is 176 g/mol. The number of unbranched alkanes of at least 4 members (excludes halogenated alkanes) is 2. The van der Waals surface area contributed by atoms with Crippen LogP contribution in [0.15, 0.2) is 0 Å². The van der Waals surface area contributed by atoms with Gasteiger partial charge in [-0.2, -0.15) is 0 Å². The van der Waals surface area contributed by atoms with Gasteiger partial charge in [0.15, 0.2) is 0 Å². The summed E-state index contributed by atoms with van der Waals surface area (Å²) in [7, 11) is 0. The fourth-order valence-electron chi connectivity index (χ4n) is 0.915. The Labute approximate surface area is 74.1 Å². The summed E-state index contributed by atoms with van der Waals surface area (Å²) in [6.07, 6.45) is 4.38. The van der Waals surface area contributed by atoms with Gasteiger partial charge in [0.25, 0.3) is 0 Å². The minimum absolute atomic E-state index is 0.214. The summed E-state index contributed by atoms with van der Waals surface area (Å²) >= 11 is 5.41. The van der Waals surface area contributed by atoms with Crippen LogP contribution < -0.4 is 0 Å². The number of carbonyl (C=O) groups is 1. The third kappa shape index (κ3) is 4.41. The van der Waals surface area contributed by atoms with Gasteiger partial charge in [-0.15, -0.1) is 0 Å². The molecule has 0 aliphatic heterocycles. The molecule has 0 bridgehead atoms. The lowest BCUT2D eigenvalue weighted by Crippen LogP contribution is -2.18. The molecule has 0 atom stereocenters. The maximum absolute atomic E-state index is 10.8. The van der Waals surface area contributed by atoms with Crippen molar-refractivity contribution < 1.29 is 4.79 Å². The highest BCUT2D eigenvalue weighted by Gasteiger charge is 2.24. The summed E-state index contributed by atoms with van der Waals surface area (Å²) in [6, 6.07) is 0. The largest absolute Gasteiger partial charge is 0.281 e. The van der Waals surface area contributed by atoms with Crippen LogP contribution in [0.1, 0.15) is 46.5 Å². The van der Waals surface area contributed by atoms with Crippen molar-refractivity contribution in [2.75, 3.05) is 0 Å². The molecule has 0 N–H and O–H groups in total. The van der Waals surface area contributed by atoms with E-state index >= 15 is 0 Å². The molecule has 0 radical (unpaired) electrons. The van der Waals surface area contributed by atoms with Crippen LogP contribution in [-0.2, 0) is 4.79 Å². The van der Waals surface area contributed by atoms with E-state index in [1.807, 2.05) is 13.8 Å². The Morgan fingerprint density at radius 2 is 1.91 bits per heavy atom. The lowest BCUT2D eigenvalue weighted by Gasteiger charge is -2.18. The molecule has 0 aromatic rings. The van der Waals surface area contributed by atoms with Gasteiger partial charge < -0.3 is 0 Å². The van der Waals surface area contributed by atoms with E-state index in [0.29, 0.717) is 0 Å². The molecule has 2 heteroatoms. The average molecular weight is 177 g/mol. The minimum Gasteiger partial charge on any atom is -0.281 e. The first-order chi connectivity index (χ1) is 5.00. The van der Waals surface area contributed by atoms with Gasteiger partial charge in [-0.05, 0) is 18.0 Å². The normalized spacial score (nSPS) is 11.6. The van der Waals surface area contributed by atoms with Gasteiger partial charge in [-0.3, -0.25) is 4.79 Å². The minimum atomic E-state index is -0.323. The maximum Gasteiger partial charge on any atom is 0.227 e. The van der Waals surface area contributed by atoms with Crippen molar-refractivity contribution in [3.05, 3.63) is 0 Å². The molecule has 0 unspecified atom stereocenters. The molecule has 0 fully saturated rings. The predicted octanol–water partition coefficient (Wildman–Crippen LogP) is 3.36. The molecule has 0 rings (SSSR count). The molecular weight excluding hydrogens is 160 g/mol. The smallest absolute Gasteiger partial charge is 0.227 e. The van der Waals surface area contributed by atoms with Crippen molar-refractivity contribution in [2.45, 2.75) is 46.5 Å². The van der Waals surface area contributed by atoms with E-state index in [1.54, 1.807) is 0 Å². The summed E-state index contributed by atoms with van der Waals surface area (Å²) in [5.74, 6) is 0. The zero-order valence-corrected chi connectivity index (χ0v) is 8.37. The van der Waals surface area contributed by atoms with Crippen molar-refractivity contribution in [2.24, 2.45) is 5.41 Å². The molecule has 0 spiro atoms. The van der Waals surface area contributed by atoms with Crippen LogP contribution in [0.4, 0.5) is 0 Å². The molecule has 0 aliphatic carbocycles. The van der Waals surface area contributed by atoms with Crippen LogP contribution >= 0.6 is 11.6 Å². The topological polar surface area (TPSA) is 17.1 Å². The Kier molecular flexibility index (Phi) is 4.74. The van der Waals surface area contributed by atoms with Crippen molar-refractivity contribution in [3.8, 4) is 0 Å². The van der Waals surface area contributed by atoms with Gasteiger partial charge in [-0.1, -0.05) is 40.0 Å². The summed E-state index contributed by atoms with van der Waals surface area (Å²) < 4.78 is 0. The number of hydrogen-bond acceptors (Lipinski definition) is 1.